The van der Waals surface area contributed by atoms with Gasteiger partial charge in [0, 0.05) is 0 Å². The molecule has 0 fully saturated rings. The molecule has 1 N–H and O–H groups in total. The van der Waals surface area contributed by atoms with Crippen molar-refractivity contribution in [3.8, 4) is 5.75 Å². The van der Waals surface area contributed by atoms with E-state index in [1.165, 1.54) is 12.1 Å². The molecule has 0 aliphatic carbocycles. The second-order valence-corrected chi connectivity index (χ2v) is 3.93. The van der Waals surface area contributed by atoms with Crippen LogP contribution in [0, 0.1) is 0 Å². The predicted molar refractivity (Wildman–Crippen MR) is 69.6 cm³/mol. The number of carbonyl (C=O) groups excluding carboxylic acids is 1. The number of ether oxygens (including phenoxy) is 2. The SMILES string of the molecule is O=C(OCOCc1ccccc1)c1cccc(O)c1. The first-order valence-electron chi connectivity index (χ1n) is 5.83. The molecule has 98 valence electrons. The van der Waals surface area contributed by atoms with Gasteiger partial charge in [0.1, 0.15) is 5.75 Å². The van der Waals surface area contributed by atoms with Crippen LogP contribution in [0.25, 0.3) is 0 Å². The van der Waals surface area contributed by atoms with Crippen LogP contribution >= 0.6 is 0 Å². The highest BCUT2D eigenvalue weighted by Crippen LogP contribution is 2.11. The number of esters is 1. The maximum absolute atomic E-state index is 11.6. The molecule has 4 nitrogen and oxygen atoms in total. The highest BCUT2D eigenvalue weighted by Gasteiger charge is 2.07. The van der Waals surface area contributed by atoms with Crippen LogP contribution < -0.4 is 0 Å². The van der Waals surface area contributed by atoms with E-state index in [1.807, 2.05) is 30.3 Å². The van der Waals surface area contributed by atoms with Crippen LogP contribution in [-0.4, -0.2) is 17.9 Å². The van der Waals surface area contributed by atoms with Gasteiger partial charge in [-0.25, -0.2) is 4.79 Å². The molecular weight excluding hydrogens is 244 g/mol. The monoisotopic (exact) mass is 258 g/mol. The smallest absolute Gasteiger partial charge is 0.340 e. The molecule has 0 radical (unpaired) electrons. The highest BCUT2D eigenvalue weighted by atomic mass is 16.7. The molecule has 0 aromatic heterocycles. The molecule has 0 atom stereocenters. The molecule has 2 rings (SSSR count). The third-order valence-corrected chi connectivity index (χ3v) is 2.47. The zero-order valence-electron chi connectivity index (χ0n) is 10.3. The van der Waals surface area contributed by atoms with Gasteiger partial charge >= 0.3 is 5.97 Å². The number of hydrogen-bond acceptors (Lipinski definition) is 4. The number of phenolic OH excluding ortho intramolecular Hbond substituents is 1. The first-order valence-corrected chi connectivity index (χ1v) is 5.83. The number of benzene rings is 2. The van der Waals surface area contributed by atoms with Crippen LogP contribution in [0.4, 0.5) is 0 Å². The fraction of sp³-hybridized carbons (Fsp3) is 0.133. The summed E-state index contributed by atoms with van der Waals surface area (Å²) in [5.41, 5.74) is 1.30. The first-order chi connectivity index (χ1) is 9.25. The lowest BCUT2D eigenvalue weighted by Crippen LogP contribution is -2.08. The van der Waals surface area contributed by atoms with Crippen LogP contribution in [0.2, 0.25) is 0 Å². The van der Waals surface area contributed by atoms with Crippen molar-refractivity contribution in [2.75, 3.05) is 6.79 Å². The minimum atomic E-state index is -0.524. The van der Waals surface area contributed by atoms with Gasteiger partial charge in [-0.15, -0.1) is 0 Å². The Labute approximate surface area is 111 Å². The summed E-state index contributed by atoms with van der Waals surface area (Å²) >= 11 is 0. The Morgan fingerprint density at radius 1 is 1.05 bits per heavy atom. The molecular formula is C15H14O4. The molecule has 4 heteroatoms. The zero-order chi connectivity index (χ0) is 13.5. The van der Waals surface area contributed by atoms with Crippen molar-refractivity contribution < 1.29 is 19.4 Å². The van der Waals surface area contributed by atoms with E-state index in [1.54, 1.807) is 12.1 Å². The van der Waals surface area contributed by atoms with Gasteiger partial charge in [-0.3, -0.25) is 0 Å². The lowest BCUT2D eigenvalue weighted by atomic mass is 10.2. The third kappa shape index (κ3) is 4.12. The minimum Gasteiger partial charge on any atom is -0.508 e. The summed E-state index contributed by atoms with van der Waals surface area (Å²) in [4.78, 5) is 11.6. The van der Waals surface area contributed by atoms with Gasteiger partial charge < -0.3 is 14.6 Å². The summed E-state index contributed by atoms with van der Waals surface area (Å²) in [5.74, 6) is -0.497. The third-order valence-electron chi connectivity index (χ3n) is 2.47. The predicted octanol–water partition coefficient (Wildman–Crippen LogP) is 2.72. The molecule has 0 spiro atoms. The molecule has 0 unspecified atom stereocenters. The fourth-order valence-electron chi connectivity index (χ4n) is 1.55. The molecule has 0 aliphatic heterocycles. The van der Waals surface area contributed by atoms with Crippen molar-refractivity contribution >= 4 is 5.97 Å². The molecule has 0 amide bonds. The fourth-order valence-corrected chi connectivity index (χ4v) is 1.55. The van der Waals surface area contributed by atoms with Gasteiger partial charge in [0.25, 0.3) is 0 Å². The normalized spacial score (nSPS) is 10.1. The van der Waals surface area contributed by atoms with Crippen molar-refractivity contribution in [3.05, 3.63) is 65.7 Å². The summed E-state index contributed by atoms with van der Waals surface area (Å²) in [6.07, 6.45) is 0. The van der Waals surface area contributed by atoms with Crippen molar-refractivity contribution in [1.29, 1.82) is 0 Å². The van der Waals surface area contributed by atoms with E-state index in [9.17, 15) is 9.90 Å². The molecule has 0 saturated carbocycles. The summed E-state index contributed by atoms with van der Waals surface area (Å²) in [5, 5.41) is 9.24. The lowest BCUT2D eigenvalue weighted by Gasteiger charge is -2.06. The highest BCUT2D eigenvalue weighted by molar-refractivity contribution is 5.89. The Hall–Kier alpha value is -2.33. The van der Waals surface area contributed by atoms with Crippen molar-refractivity contribution in [2.45, 2.75) is 6.61 Å². The van der Waals surface area contributed by atoms with Gasteiger partial charge in [0.2, 0.25) is 0 Å². The summed E-state index contributed by atoms with van der Waals surface area (Å²) < 4.78 is 10.2. The van der Waals surface area contributed by atoms with E-state index in [-0.39, 0.29) is 12.5 Å². The van der Waals surface area contributed by atoms with E-state index in [4.69, 9.17) is 9.47 Å². The van der Waals surface area contributed by atoms with E-state index in [2.05, 4.69) is 0 Å². The Bertz CT molecular complexity index is 537. The van der Waals surface area contributed by atoms with Crippen molar-refractivity contribution in [1.82, 2.24) is 0 Å². The van der Waals surface area contributed by atoms with Crippen LogP contribution in [0.15, 0.2) is 54.6 Å². The Balaban J connectivity index is 1.75. The molecule has 0 aliphatic rings. The summed E-state index contributed by atoms with van der Waals surface area (Å²) in [6.45, 7) is 0.261. The molecule has 0 saturated heterocycles. The van der Waals surface area contributed by atoms with Gasteiger partial charge in [-0.1, -0.05) is 36.4 Å². The summed E-state index contributed by atoms with van der Waals surface area (Å²) in [6, 6.07) is 15.6. The Kier molecular flexibility index (Phi) is 4.53. The van der Waals surface area contributed by atoms with Crippen molar-refractivity contribution in [3.63, 3.8) is 0 Å². The Morgan fingerprint density at radius 3 is 2.58 bits per heavy atom. The average molecular weight is 258 g/mol. The number of aromatic hydroxyl groups is 1. The van der Waals surface area contributed by atoms with E-state index in [0.29, 0.717) is 12.2 Å². The number of rotatable bonds is 5. The second-order valence-electron chi connectivity index (χ2n) is 3.93. The van der Waals surface area contributed by atoms with Gasteiger partial charge in [0.05, 0.1) is 12.2 Å². The Morgan fingerprint density at radius 2 is 1.84 bits per heavy atom. The molecule has 2 aromatic rings. The quantitative estimate of drug-likeness (QED) is 0.509. The van der Waals surface area contributed by atoms with Gasteiger partial charge in [0.15, 0.2) is 6.79 Å². The van der Waals surface area contributed by atoms with E-state index in [0.717, 1.165) is 5.56 Å². The molecule has 2 aromatic carbocycles. The zero-order valence-corrected chi connectivity index (χ0v) is 10.3. The van der Waals surface area contributed by atoms with Crippen LogP contribution in [0.5, 0.6) is 5.75 Å². The van der Waals surface area contributed by atoms with E-state index >= 15 is 0 Å². The average Bonchev–Trinajstić information content (AvgIpc) is 2.44. The van der Waals surface area contributed by atoms with Crippen LogP contribution in [-0.2, 0) is 16.1 Å². The van der Waals surface area contributed by atoms with Gasteiger partial charge in [-0.05, 0) is 23.8 Å². The second kappa shape index (κ2) is 6.56. The van der Waals surface area contributed by atoms with E-state index < -0.39 is 5.97 Å². The number of phenols is 1. The standard InChI is InChI=1S/C15H14O4/c16-14-8-4-7-13(9-14)15(17)19-11-18-10-12-5-2-1-3-6-12/h1-9,16H,10-11H2. The van der Waals surface area contributed by atoms with Gasteiger partial charge in [-0.2, -0.15) is 0 Å². The number of carbonyl (C=O) groups is 1. The topological polar surface area (TPSA) is 55.8 Å². The molecule has 19 heavy (non-hydrogen) atoms. The van der Waals surface area contributed by atoms with Crippen LogP contribution in [0.3, 0.4) is 0 Å². The van der Waals surface area contributed by atoms with Crippen LogP contribution in [0.1, 0.15) is 15.9 Å². The maximum atomic E-state index is 11.6. The molecule has 0 heterocycles. The lowest BCUT2D eigenvalue weighted by molar-refractivity contribution is -0.0381. The number of hydrogen-bond donors (Lipinski definition) is 1. The molecule has 0 bridgehead atoms. The van der Waals surface area contributed by atoms with Crippen molar-refractivity contribution in [2.24, 2.45) is 0 Å². The summed E-state index contributed by atoms with van der Waals surface area (Å²) in [7, 11) is 0. The maximum Gasteiger partial charge on any atom is 0.340 e. The largest absolute Gasteiger partial charge is 0.508 e. The minimum absolute atomic E-state index is 0.0275. The first kappa shape index (κ1) is 13.1.